The van der Waals surface area contributed by atoms with E-state index < -0.39 is 0 Å². The van der Waals surface area contributed by atoms with Crippen molar-refractivity contribution in [3.8, 4) is 0 Å². The number of quaternary nitrogens is 1. The maximum atomic E-state index is 9.86. The molecule has 2 unspecified atom stereocenters. The molecule has 1 aromatic rings. The average molecular weight is 252 g/mol. The van der Waals surface area contributed by atoms with Crippen LogP contribution in [0.25, 0.3) is 5.43 Å². The third kappa shape index (κ3) is 1.86. The number of nitrogens with one attached hydrogen (secondary N) is 1. The molecule has 88 valence electrons. The minimum atomic E-state index is -0.115. The van der Waals surface area contributed by atoms with E-state index in [4.69, 9.17) is 11.6 Å². The molecule has 2 atom stereocenters. The lowest BCUT2D eigenvalue weighted by atomic mass is 10.1. The lowest BCUT2D eigenvalue weighted by molar-refractivity contribution is -1.02. The highest BCUT2D eigenvalue weighted by Gasteiger charge is 2.25. The normalized spacial score (nSPS) is 27.5. The fourth-order valence-corrected chi connectivity index (χ4v) is 1.96. The summed E-state index contributed by atoms with van der Waals surface area (Å²) in [7, 11) is 0. The molecule has 0 saturated heterocycles. The van der Waals surface area contributed by atoms with Crippen molar-refractivity contribution in [3.63, 3.8) is 0 Å². The van der Waals surface area contributed by atoms with Crippen LogP contribution in [0.5, 0.6) is 0 Å². The molecule has 3 rings (SSSR count). The van der Waals surface area contributed by atoms with Crippen LogP contribution in [-0.2, 0) is 0 Å². The van der Waals surface area contributed by atoms with E-state index in [1.807, 2.05) is 6.08 Å². The Hall–Kier alpha value is -1.63. The van der Waals surface area contributed by atoms with E-state index >= 15 is 0 Å². The van der Waals surface area contributed by atoms with Gasteiger partial charge >= 0.3 is 0 Å². The summed E-state index contributed by atoms with van der Waals surface area (Å²) in [6.45, 7) is 0. The minimum absolute atomic E-state index is 0.0553. The lowest BCUT2D eigenvalue weighted by Gasteiger charge is -2.29. The van der Waals surface area contributed by atoms with Crippen molar-refractivity contribution in [3.05, 3.63) is 47.7 Å². The second-order valence-electron chi connectivity index (χ2n) is 3.74. The zero-order valence-corrected chi connectivity index (χ0v) is 9.54. The minimum Gasteiger partial charge on any atom is -0.360 e. The zero-order valence-electron chi connectivity index (χ0n) is 8.79. The first-order valence-electron chi connectivity index (χ1n) is 5.15. The van der Waals surface area contributed by atoms with Gasteiger partial charge in [0.05, 0.1) is 17.0 Å². The van der Waals surface area contributed by atoms with E-state index in [2.05, 4.69) is 15.4 Å². The standard InChI is InChI=1S/C10H10ClN5O/c11-7-1-2-8-9(5-7)16(17)14-10(13-8)15-4-3-12-6-15/h2-7,16-17H,1H2. The molecular formula is C10H10ClN5O. The van der Waals surface area contributed by atoms with E-state index in [1.165, 1.54) is 0 Å². The average Bonchev–Trinajstić information content (AvgIpc) is 2.83. The van der Waals surface area contributed by atoms with Crippen LogP contribution in [0.1, 0.15) is 6.42 Å². The molecule has 0 aromatic carbocycles. The molecule has 17 heavy (non-hydrogen) atoms. The molecule has 0 bridgehead atoms. The maximum absolute atomic E-state index is 9.86. The number of aliphatic imine (C=N–C) groups is 1. The molecule has 2 N–H and O–H groups in total. The van der Waals surface area contributed by atoms with Gasteiger partial charge < -0.3 is 9.56 Å². The number of hydroxylamine groups is 1. The second kappa shape index (κ2) is 3.99. The van der Waals surface area contributed by atoms with Gasteiger partial charge in [0.1, 0.15) is 0 Å². The summed E-state index contributed by atoms with van der Waals surface area (Å²) >= 11 is 5.99. The second-order valence-corrected chi connectivity index (χ2v) is 4.30. The van der Waals surface area contributed by atoms with Crippen LogP contribution in [0.2, 0.25) is 0 Å². The van der Waals surface area contributed by atoms with E-state index in [-0.39, 0.29) is 10.5 Å². The molecule has 2 heterocycles. The Morgan fingerprint density at radius 1 is 1.59 bits per heavy atom. The van der Waals surface area contributed by atoms with Gasteiger partial charge in [-0.15, -0.1) is 11.6 Å². The molecule has 0 radical (unpaired) electrons. The van der Waals surface area contributed by atoms with Crippen molar-refractivity contribution >= 4 is 17.6 Å². The number of fused-ring (bicyclic) bond motifs is 1. The van der Waals surface area contributed by atoms with Gasteiger partial charge in [-0.05, 0) is 12.6 Å². The summed E-state index contributed by atoms with van der Waals surface area (Å²) in [4.78, 5) is 8.27. The van der Waals surface area contributed by atoms with Crippen LogP contribution in [0.15, 0.2) is 47.3 Å². The molecule has 7 heteroatoms. The first-order valence-corrected chi connectivity index (χ1v) is 5.59. The Balaban J connectivity index is 2.00. The van der Waals surface area contributed by atoms with Crippen molar-refractivity contribution in [1.82, 2.24) is 9.55 Å². The number of nitrogens with zero attached hydrogens (tertiary/aromatic N) is 4. The smallest absolute Gasteiger partial charge is 0.186 e. The van der Waals surface area contributed by atoms with Gasteiger partial charge in [-0.2, -0.15) is 10.6 Å². The fraction of sp³-hybridized carbons (Fsp3) is 0.200. The number of hydrogen-bond donors (Lipinski definition) is 2. The Labute approximate surface area is 102 Å². The third-order valence-corrected chi connectivity index (χ3v) is 2.87. The molecule has 0 spiro atoms. The van der Waals surface area contributed by atoms with Crippen LogP contribution in [-0.4, -0.2) is 26.1 Å². The highest BCUT2D eigenvalue weighted by Crippen LogP contribution is 2.22. The molecule has 1 aliphatic heterocycles. The SMILES string of the molecule is O[NH+]1[N-]C(n2ccnc2)=NC2=CCC(Cl)C=C21. The van der Waals surface area contributed by atoms with Crippen molar-refractivity contribution in [2.75, 3.05) is 0 Å². The van der Waals surface area contributed by atoms with Crippen molar-refractivity contribution in [2.24, 2.45) is 4.99 Å². The maximum Gasteiger partial charge on any atom is 0.186 e. The van der Waals surface area contributed by atoms with Gasteiger partial charge in [-0.1, -0.05) is 11.2 Å². The number of halogens is 1. The van der Waals surface area contributed by atoms with Crippen LogP contribution in [0.3, 0.4) is 0 Å². The Morgan fingerprint density at radius 2 is 2.47 bits per heavy atom. The molecular weight excluding hydrogens is 242 g/mol. The van der Waals surface area contributed by atoms with Crippen molar-refractivity contribution < 1.29 is 10.4 Å². The number of rotatable bonds is 0. The summed E-state index contributed by atoms with van der Waals surface area (Å²) in [6.07, 6.45) is 9.30. The number of imidazole rings is 1. The molecule has 6 nitrogen and oxygen atoms in total. The molecule has 2 aliphatic rings. The Bertz CT molecular complexity index is 519. The largest absolute Gasteiger partial charge is 0.360 e. The summed E-state index contributed by atoms with van der Waals surface area (Å²) < 4.78 is 1.64. The predicted molar refractivity (Wildman–Crippen MR) is 61.6 cm³/mol. The lowest BCUT2D eigenvalue weighted by Crippen LogP contribution is -3.05. The van der Waals surface area contributed by atoms with Gasteiger partial charge in [0.25, 0.3) is 0 Å². The highest BCUT2D eigenvalue weighted by molar-refractivity contribution is 6.22. The first kappa shape index (κ1) is 10.5. The monoisotopic (exact) mass is 251 g/mol. The third-order valence-electron chi connectivity index (χ3n) is 2.56. The van der Waals surface area contributed by atoms with Crippen LogP contribution in [0.4, 0.5) is 0 Å². The Kier molecular flexibility index (Phi) is 2.47. The summed E-state index contributed by atoms with van der Waals surface area (Å²) in [5.74, 6) is 0.399. The molecule has 0 saturated carbocycles. The highest BCUT2D eigenvalue weighted by atomic mass is 35.5. The first-order chi connectivity index (χ1) is 8.24. The summed E-state index contributed by atoms with van der Waals surface area (Å²) in [5.41, 5.74) is 5.32. The topological polar surface area (TPSA) is 69.0 Å². The number of allylic oxidation sites excluding steroid dienone is 2. The van der Waals surface area contributed by atoms with Gasteiger partial charge in [-0.3, -0.25) is 4.98 Å². The zero-order chi connectivity index (χ0) is 11.8. The number of aromatic nitrogens is 2. The van der Waals surface area contributed by atoms with Crippen molar-refractivity contribution in [1.29, 1.82) is 0 Å². The van der Waals surface area contributed by atoms with Crippen LogP contribution < -0.4 is 5.17 Å². The quantitative estimate of drug-likeness (QED) is 0.657. The Morgan fingerprint density at radius 3 is 3.24 bits per heavy atom. The van der Waals surface area contributed by atoms with E-state index in [0.717, 1.165) is 0 Å². The van der Waals surface area contributed by atoms with Gasteiger partial charge in [0.2, 0.25) is 0 Å². The fourth-order valence-electron chi connectivity index (χ4n) is 1.74. The van der Waals surface area contributed by atoms with Gasteiger partial charge in [0, 0.05) is 18.6 Å². The van der Waals surface area contributed by atoms with Crippen LogP contribution >= 0.6 is 11.6 Å². The van der Waals surface area contributed by atoms with E-state index in [1.54, 1.807) is 29.4 Å². The predicted octanol–water partition coefficient (Wildman–Crippen LogP) is 0.442. The van der Waals surface area contributed by atoms with E-state index in [0.29, 0.717) is 23.8 Å². The van der Waals surface area contributed by atoms with Crippen LogP contribution in [0, 0.1) is 0 Å². The molecule has 0 fully saturated rings. The summed E-state index contributed by atoms with van der Waals surface area (Å²) in [5, 5.41) is 9.69. The number of alkyl halides is 1. The van der Waals surface area contributed by atoms with Crippen molar-refractivity contribution in [2.45, 2.75) is 11.8 Å². The van der Waals surface area contributed by atoms with Gasteiger partial charge in [0.15, 0.2) is 5.70 Å². The molecule has 1 aromatic heterocycles. The summed E-state index contributed by atoms with van der Waals surface area (Å²) in [6, 6.07) is 0. The van der Waals surface area contributed by atoms with E-state index in [9.17, 15) is 5.21 Å². The van der Waals surface area contributed by atoms with Gasteiger partial charge in [-0.25, -0.2) is 0 Å². The molecule has 0 amide bonds. The molecule has 1 aliphatic carbocycles. The number of hydrogen-bond acceptors (Lipinski definition) is 3.